The molecule has 180 valence electrons. The molecule has 0 saturated heterocycles. The number of carbonyl (C=O) groups excluding carboxylic acids is 2. The molecular formula is C23H23F3N4O4. The van der Waals surface area contributed by atoms with Crippen LogP contribution in [0.15, 0.2) is 54.6 Å². The van der Waals surface area contributed by atoms with Gasteiger partial charge in [0.25, 0.3) is 0 Å². The molecule has 2 aromatic carbocycles. The number of alkyl halides is 3. The van der Waals surface area contributed by atoms with Crippen LogP contribution in [-0.4, -0.2) is 33.5 Å². The Kier molecular flexibility index (Phi) is 7.57. The third-order valence-electron chi connectivity index (χ3n) is 4.87. The first-order valence-electron chi connectivity index (χ1n) is 10.3. The minimum Gasteiger partial charge on any atom is -0.461 e. The second-order valence-electron chi connectivity index (χ2n) is 7.31. The molecule has 0 radical (unpaired) electrons. The Labute approximate surface area is 193 Å². The number of aliphatic hydroxyl groups is 1. The molecule has 3 rings (SSSR count). The van der Waals surface area contributed by atoms with Crippen molar-refractivity contribution in [2.75, 3.05) is 17.2 Å². The van der Waals surface area contributed by atoms with E-state index in [1.54, 1.807) is 37.3 Å². The molecule has 1 heterocycles. The number of amides is 2. The van der Waals surface area contributed by atoms with E-state index < -0.39 is 29.8 Å². The fourth-order valence-corrected chi connectivity index (χ4v) is 3.22. The van der Waals surface area contributed by atoms with Crippen molar-refractivity contribution in [2.24, 2.45) is 0 Å². The molecule has 0 bridgehead atoms. The Hall–Kier alpha value is -3.86. The quantitative estimate of drug-likeness (QED) is 0.426. The van der Waals surface area contributed by atoms with E-state index in [1.165, 1.54) is 23.7 Å². The van der Waals surface area contributed by atoms with E-state index in [9.17, 15) is 27.9 Å². The zero-order valence-electron chi connectivity index (χ0n) is 18.4. The average Bonchev–Trinajstić information content (AvgIpc) is 3.09. The third kappa shape index (κ3) is 5.93. The van der Waals surface area contributed by atoms with Crippen LogP contribution in [0.4, 0.5) is 29.5 Å². The highest BCUT2D eigenvalue weighted by molar-refractivity contribution is 6.01. The van der Waals surface area contributed by atoms with E-state index in [4.69, 9.17) is 4.74 Å². The SMILES string of the molecule is CCOC(=O)c1nn(CC(O)c2ccccc2)c(NC(=O)Nc2cccc(C(F)(F)F)c2)c1C. The first-order chi connectivity index (χ1) is 16.1. The molecule has 0 aliphatic carbocycles. The summed E-state index contributed by atoms with van der Waals surface area (Å²) in [4.78, 5) is 24.9. The number of rotatable bonds is 7. The second-order valence-corrected chi connectivity index (χ2v) is 7.31. The summed E-state index contributed by atoms with van der Waals surface area (Å²) in [6, 6.07) is 12.0. The molecule has 3 aromatic rings. The monoisotopic (exact) mass is 476 g/mol. The lowest BCUT2D eigenvalue weighted by atomic mass is 10.1. The number of nitrogens with one attached hydrogen (secondary N) is 2. The number of carbonyl (C=O) groups is 2. The van der Waals surface area contributed by atoms with Gasteiger partial charge >= 0.3 is 18.2 Å². The fraction of sp³-hybridized carbons (Fsp3) is 0.261. The van der Waals surface area contributed by atoms with Gasteiger partial charge < -0.3 is 15.2 Å². The van der Waals surface area contributed by atoms with Gasteiger partial charge in [0.15, 0.2) is 5.69 Å². The summed E-state index contributed by atoms with van der Waals surface area (Å²) in [5.74, 6) is -0.628. The molecule has 11 heteroatoms. The van der Waals surface area contributed by atoms with Crippen molar-refractivity contribution in [2.45, 2.75) is 32.7 Å². The summed E-state index contributed by atoms with van der Waals surface area (Å²) in [5, 5.41) is 19.6. The van der Waals surface area contributed by atoms with E-state index in [-0.39, 0.29) is 35.9 Å². The Morgan fingerprint density at radius 1 is 1.12 bits per heavy atom. The molecule has 1 aromatic heterocycles. The molecule has 0 saturated carbocycles. The number of esters is 1. The van der Waals surface area contributed by atoms with Crippen molar-refractivity contribution in [3.63, 3.8) is 0 Å². The summed E-state index contributed by atoms with van der Waals surface area (Å²) in [7, 11) is 0. The van der Waals surface area contributed by atoms with Gasteiger partial charge in [-0.15, -0.1) is 0 Å². The van der Waals surface area contributed by atoms with E-state index in [0.717, 1.165) is 12.1 Å². The number of aromatic nitrogens is 2. The van der Waals surface area contributed by atoms with Crippen LogP contribution < -0.4 is 10.6 Å². The van der Waals surface area contributed by atoms with Gasteiger partial charge in [0, 0.05) is 11.3 Å². The molecule has 0 aliphatic rings. The Bertz CT molecular complexity index is 1160. The number of urea groups is 1. The van der Waals surface area contributed by atoms with Crippen LogP contribution in [0.2, 0.25) is 0 Å². The normalized spacial score (nSPS) is 12.2. The highest BCUT2D eigenvalue weighted by Gasteiger charge is 2.30. The zero-order chi connectivity index (χ0) is 24.9. The van der Waals surface area contributed by atoms with E-state index >= 15 is 0 Å². The lowest BCUT2D eigenvalue weighted by Crippen LogP contribution is -2.23. The van der Waals surface area contributed by atoms with Crippen LogP contribution >= 0.6 is 0 Å². The molecular weight excluding hydrogens is 453 g/mol. The van der Waals surface area contributed by atoms with Crippen LogP contribution in [0.25, 0.3) is 0 Å². The molecule has 0 spiro atoms. The third-order valence-corrected chi connectivity index (χ3v) is 4.87. The predicted molar refractivity (Wildman–Crippen MR) is 118 cm³/mol. The topological polar surface area (TPSA) is 105 Å². The maximum Gasteiger partial charge on any atom is 0.416 e. The number of anilines is 2. The van der Waals surface area contributed by atoms with Gasteiger partial charge in [0.1, 0.15) is 5.82 Å². The highest BCUT2D eigenvalue weighted by Crippen LogP contribution is 2.31. The summed E-state index contributed by atoms with van der Waals surface area (Å²) in [6.45, 7) is 3.16. The second kappa shape index (κ2) is 10.4. The van der Waals surface area contributed by atoms with Gasteiger partial charge in [-0.25, -0.2) is 14.3 Å². The van der Waals surface area contributed by atoms with Crippen molar-refractivity contribution >= 4 is 23.5 Å². The van der Waals surface area contributed by atoms with E-state index in [0.29, 0.717) is 5.56 Å². The number of hydrogen-bond acceptors (Lipinski definition) is 5. The standard InChI is InChI=1S/C23H23F3N4O4/c1-3-34-21(32)19-14(2)20(30(29-19)13-18(31)15-8-5-4-6-9-15)28-22(33)27-17-11-7-10-16(12-17)23(24,25)26/h4-12,18,31H,3,13H2,1-2H3,(H2,27,28,33). The Balaban J connectivity index is 1.86. The maximum absolute atomic E-state index is 13.0. The van der Waals surface area contributed by atoms with Gasteiger partial charge in [-0.2, -0.15) is 18.3 Å². The molecule has 0 aliphatic heterocycles. The zero-order valence-corrected chi connectivity index (χ0v) is 18.4. The first-order valence-corrected chi connectivity index (χ1v) is 10.3. The maximum atomic E-state index is 13.0. The van der Waals surface area contributed by atoms with Gasteiger partial charge in [0.2, 0.25) is 0 Å². The first kappa shape index (κ1) is 24.8. The van der Waals surface area contributed by atoms with E-state index in [1.807, 2.05) is 0 Å². The Morgan fingerprint density at radius 2 is 1.82 bits per heavy atom. The van der Waals surface area contributed by atoms with Crippen molar-refractivity contribution < 1.29 is 32.6 Å². The van der Waals surface area contributed by atoms with Crippen LogP contribution in [0.1, 0.15) is 40.2 Å². The molecule has 3 N–H and O–H groups in total. The smallest absolute Gasteiger partial charge is 0.416 e. The molecule has 0 fully saturated rings. The lowest BCUT2D eigenvalue weighted by Gasteiger charge is -2.15. The van der Waals surface area contributed by atoms with Gasteiger partial charge in [0.05, 0.1) is 24.8 Å². The van der Waals surface area contributed by atoms with Gasteiger partial charge in [-0.1, -0.05) is 36.4 Å². The molecule has 1 unspecified atom stereocenters. The number of benzene rings is 2. The van der Waals surface area contributed by atoms with Crippen LogP contribution in [-0.2, 0) is 17.5 Å². The number of aliphatic hydroxyl groups excluding tert-OH is 1. The predicted octanol–water partition coefficient (Wildman–Crippen LogP) is 4.76. The number of hydrogen-bond donors (Lipinski definition) is 3. The van der Waals surface area contributed by atoms with Gasteiger partial charge in [-0.3, -0.25) is 5.32 Å². The average molecular weight is 476 g/mol. The minimum absolute atomic E-state index is 0.0588. The fourth-order valence-electron chi connectivity index (χ4n) is 3.22. The van der Waals surface area contributed by atoms with Crippen LogP contribution in [0.3, 0.4) is 0 Å². The van der Waals surface area contributed by atoms with Crippen molar-refractivity contribution in [3.8, 4) is 0 Å². The Morgan fingerprint density at radius 3 is 2.47 bits per heavy atom. The van der Waals surface area contributed by atoms with Crippen molar-refractivity contribution in [3.05, 3.63) is 77.0 Å². The van der Waals surface area contributed by atoms with Crippen LogP contribution in [0, 0.1) is 6.92 Å². The summed E-state index contributed by atoms with van der Waals surface area (Å²) in [5.41, 5.74) is -0.185. The number of halogens is 3. The number of ether oxygens (including phenoxy) is 1. The van der Waals surface area contributed by atoms with Crippen molar-refractivity contribution in [1.29, 1.82) is 0 Å². The molecule has 8 nitrogen and oxygen atoms in total. The van der Waals surface area contributed by atoms with E-state index in [2.05, 4.69) is 15.7 Å². The van der Waals surface area contributed by atoms with Gasteiger partial charge in [-0.05, 0) is 37.6 Å². The highest BCUT2D eigenvalue weighted by atomic mass is 19.4. The number of nitrogens with zero attached hydrogens (tertiary/aromatic N) is 2. The molecule has 34 heavy (non-hydrogen) atoms. The molecule has 1 atom stereocenters. The summed E-state index contributed by atoms with van der Waals surface area (Å²) >= 11 is 0. The largest absolute Gasteiger partial charge is 0.461 e. The lowest BCUT2D eigenvalue weighted by molar-refractivity contribution is -0.137. The van der Waals surface area contributed by atoms with Crippen LogP contribution in [0.5, 0.6) is 0 Å². The summed E-state index contributed by atoms with van der Waals surface area (Å²) < 4.78 is 45.1. The minimum atomic E-state index is -4.56. The molecule has 2 amide bonds. The summed E-state index contributed by atoms with van der Waals surface area (Å²) in [6.07, 6.45) is -5.58. The van der Waals surface area contributed by atoms with Crippen molar-refractivity contribution in [1.82, 2.24) is 9.78 Å².